The molecule has 6 nitrogen and oxygen atoms in total. The first kappa shape index (κ1) is 20.8. The lowest BCUT2D eigenvalue weighted by atomic mass is 9.65. The van der Waals surface area contributed by atoms with E-state index in [1.54, 1.807) is 12.1 Å². The number of ether oxygens (including phenoxy) is 2. The summed E-state index contributed by atoms with van der Waals surface area (Å²) in [5, 5.41) is 0.808. The van der Waals surface area contributed by atoms with Gasteiger partial charge in [0.1, 0.15) is 11.3 Å². The molecule has 2 aliphatic rings. The molecule has 4 rings (SSSR count). The van der Waals surface area contributed by atoms with Gasteiger partial charge in [-0.1, -0.05) is 20.8 Å². The third kappa shape index (κ3) is 3.80. The van der Waals surface area contributed by atoms with Crippen molar-refractivity contribution >= 4 is 22.8 Å². The summed E-state index contributed by atoms with van der Waals surface area (Å²) in [6, 6.07) is 5.67. The highest BCUT2D eigenvalue weighted by atomic mass is 16.5. The maximum absolute atomic E-state index is 12.9. The second kappa shape index (κ2) is 7.33. The lowest BCUT2D eigenvalue weighted by Gasteiger charge is -2.39. The first-order valence-electron chi connectivity index (χ1n) is 10.7. The van der Waals surface area contributed by atoms with E-state index in [0.29, 0.717) is 17.8 Å². The van der Waals surface area contributed by atoms with E-state index in [1.165, 1.54) is 0 Å². The molecular weight excluding hydrogens is 382 g/mol. The van der Waals surface area contributed by atoms with Crippen LogP contribution in [-0.2, 0) is 9.53 Å². The summed E-state index contributed by atoms with van der Waals surface area (Å²) in [5.41, 5.74) is 1.67. The predicted molar refractivity (Wildman–Crippen MR) is 114 cm³/mol. The summed E-state index contributed by atoms with van der Waals surface area (Å²) in [6.45, 7) is 11.6. The number of hydrogen-bond acceptors (Lipinski definition) is 5. The van der Waals surface area contributed by atoms with Crippen molar-refractivity contribution in [2.75, 3.05) is 19.8 Å². The van der Waals surface area contributed by atoms with Crippen LogP contribution in [0.2, 0.25) is 0 Å². The Bertz CT molecular complexity index is 991. The fourth-order valence-electron chi connectivity index (χ4n) is 5.68. The Balaban J connectivity index is 1.44. The molecule has 2 bridgehead atoms. The number of benzene rings is 1. The number of hydrogen-bond donors (Lipinski definition) is 0. The van der Waals surface area contributed by atoms with E-state index in [1.807, 2.05) is 24.8 Å². The van der Waals surface area contributed by atoms with Crippen LogP contribution in [0.1, 0.15) is 63.1 Å². The topological polar surface area (TPSA) is 69.0 Å². The highest BCUT2D eigenvalue weighted by Gasteiger charge is 2.51. The molecule has 30 heavy (non-hydrogen) atoms. The van der Waals surface area contributed by atoms with Gasteiger partial charge in [-0.25, -0.2) is 4.79 Å². The average Bonchev–Trinajstić information content (AvgIpc) is 3.12. The predicted octanol–water partition coefficient (Wildman–Crippen LogP) is 4.72. The number of likely N-dealkylation sites (tertiary alicyclic amines) is 1. The first-order chi connectivity index (χ1) is 14.1. The van der Waals surface area contributed by atoms with E-state index in [0.717, 1.165) is 36.9 Å². The molecule has 2 unspecified atom stereocenters. The minimum absolute atomic E-state index is 0.123. The van der Waals surface area contributed by atoms with E-state index in [9.17, 15) is 9.59 Å². The Morgan fingerprint density at radius 1 is 1.23 bits per heavy atom. The van der Waals surface area contributed by atoms with Crippen LogP contribution < -0.4 is 4.74 Å². The van der Waals surface area contributed by atoms with Crippen LogP contribution in [0.25, 0.3) is 11.0 Å². The Morgan fingerprint density at radius 2 is 2.00 bits per heavy atom. The van der Waals surface area contributed by atoms with Crippen LogP contribution in [0, 0.1) is 17.8 Å². The molecular formula is C24H31NO5. The van der Waals surface area contributed by atoms with Crippen LogP contribution in [0.15, 0.2) is 22.6 Å². The summed E-state index contributed by atoms with van der Waals surface area (Å²) in [7, 11) is 0. The number of carbonyl (C=O) groups is 2. The normalized spacial score (nSPS) is 24.8. The third-order valence-corrected chi connectivity index (χ3v) is 6.47. The number of nitrogens with zero attached hydrogens (tertiary/aromatic N) is 1. The fourth-order valence-corrected chi connectivity index (χ4v) is 5.68. The molecule has 1 aliphatic carbocycles. The van der Waals surface area contributed by atoms with Crippen LogP contribution in [0.5, 0.6) is 5.75 Å². The number of carbonyl (C=O) groups excluding carboxylic acids is 2. The van der Waals surface area contributed by atoms with Crippen molar-refractivity contribution in [1.82, 2.24) is 4.90 Å². The molecule has 1 saturated carbocycles. The first-order valence-corrected chi connectivity index (χ1v) is 10.7. The second-order valence-electron chi connectivity index (χ2n) is 9.96. The monoisotopic (exact) mass is 413 g/mol. The number of fused-ring (bicyclic) bond motifs is 3. The SMILES string of the molecule is CCOc1ccc2oc(C(=O)OCC(=O)N3CC4(C)CC3CC(C)(C)C4)c(C)c2c1. The van der Waals surface area contributed by atoms with Gasteiger partial charge in [-0.15, -0.1) is 0 Å². The summed E-state index contributed by atoms with van der Waals surface area (Å²) in [5.74, 6) is 0.131. The maximum atomic E-state index is 12.9. The van der Waals surface area contributed by atoms with Gasteiger partial charge < -0.3 is 18.8 Å². The quantitative estimate of drug-likeness (QED) is 0.663. The van der Waals surface area contributed by atoms with E-state index in [2.05, 4.69) is 20.8 Å². The van der Waals surface area contributed by atoms with Crippen molar-refractivity contribution in [3.8, 4) is 5.75 Å². The Hall–Kier alpha value is -2.50. The Kier molecular flexibility index (Phi) is 5.07. The number of aryl methyl sites for hydroxylation is 1. The van der Waals surface area contributed by atoms with Crippen LogP contribution in [0.3, 0.4) is 0 Å². The molecule has 0 radical (unpaired) electrons. The summed E-state index contributed by atoms with van der Waals surface area (Å²) >= 11 is 0. The molecule has 2 aromatic rings. The molecule has 0 N–H and O–H groups in total. The molecule has 0 spiro atoms. The fraction of sp³-hybridized carbons (Fsp3) is 0.583. The lowest BCUT2D eigenvalue weighted by molar-refractivity contribution is -0.135. The third-order valence-electron chi connectivity index (χ3n) is 6.47. The molecule has 1 aromatic carbocycles. The second-order valence-corrected chi connectivity index (χ2v) is 9.96. The number of rotatable bonds is 5. The highest BCUT2D eigenvalue weighted by Crippen LogP contribution is 2.52. The molecule has 2 heterocycles. The standard InChI is InChI=1S/C24H31NO5/c1-6-28-17-7-8-19-18(9-17)15(2)21(30-19)22(27)29-12-20(26)25-14-24(5)11-16(25)10-23(3,4)13-24/h7-9,16H,6,10-14H2,1-5H3. The van der Waals surface area contributed by atoms with E-state index >= 15 is 0 Å². The van der Waals surface area contributed by atoms with E-state index in [4.69, 9.17) is 13.9 Å². The van der Waals surface area contributed by atoms with Gasteiger partial charge in [-0.2, -0.15) is 0 Å². The molecule has 2 fully saturated rings. The van der Waals surface area contributed by atoms with Crippen LogP contribution in [0.4, 0.5) is 0 Å². The Morgan fingerprint density at radius 3 is 2.73 bits per heavy atom. The molecule has 1 amide bonds. The van der Waals surface area contributed by atoms with Crippen molar-refractivity contribution in [2.24, 2.45) is 10.8 Å². The molecule has 1 aromatic heterocycles. The smallest absolute Gasteiger partial charge is 0.375 e. The Labute approximate surface area is 177 Å². The zero-order valence-corrected chi connectivity index (χ0v) is 18.5. The van der Waals surface area contributed by atoms with Gasteiger partial charge in [0.25, 0.3) is 5.91 Å². The lowest BCUT2D eigenvalue weighted by Crippen LogP contribution is -2.39. The van der Waals surface area contributed by atoms with Crippen molar-refractivity contribution in [2.45, 2.75) is 59.9 Å². The highest BCUT2D eigenvalue weighted by molar-refractivity contribution is 5.97. The molecule has 6 heteroatoms. The van der Waals surface area contributed by atoms with Gasteiger partial charge in [0.15, 0.2) is 6.61 Å². The van der Waals surface area contributed by atoms with Crippen molar-refractivity contribution < 1.29 is 23.5 Å². The van der Waals surface area contributed by atoms with Gasteiger partial charge in [-0.3, -0.25) is 4.79 Å². The van der Waals surface area contributed by atoms with Gasteiger partial charge in [0.2, 0.25) is 5.76 Å². The maximum Gasteiger partial charge on any atom is 0.375 e. The molecule has 2 atom stereocenters. The zero-order valence-electron chi connectivity index (χ0n) is 18.5. The van der Waals surface area contributed by atoms with Crippen molar-refractivity contribution in [1.29, 1.82) is 0 Å². The number of furan rings is 1. The summed E-state index contributed by atoms with van der Waals surface area (Å²) in [6.07, 6.45) is 3.13. The van der Waals surface area contributed by atoms with Gasteiger partial charge in [0.05, 0.1) is 6.61 Å². The average molecular weight is 414 g/mol. The van der Waals surface area contributed by atoms with Gasteiger partial charge in [-0.05, 0) is 62.1 Å². The number of esters is 1. The molecule has 162 valence electrons. The summed E-state index contributed by atoms with van der Waals surface area (Å²) < 4.78 is 16.6. The minimum atomic E-state index is -0.608. The minimum Gasteiger partial charge on any atom is -0.494 e. The largest absolute Gasteiger partial charge is 0.494 e. The molecule has 1 aliphatic heterocycles. The van der Waals surface area contributed by atoms with Crippen LogP contribution in [-0.4, -0.2) is 42.6 Å². The van der Waals surface area contributed by atoms with E-state index in [-0.39, 0.29) is 35.1 Å². The van der Waals surface area contributed by atoms with Gasteiger partial charge in [0, 0.05) is 23.5 Å². The van der Waals surface area contributed by atoms with Gasteiger partial charge >= 0.3 is 5.97 Å². The van der Waals surface area contributed by atoms with Crippen molar-refractivity contribution in [3.05, 3.63) is 29.5 Å². The zero-order chi connectivity index (χ0) is 21.7. The van der Waals surface area contributed by atoms with Crippen molar-refractivity contribution in [3.63, 3.8) is 0 Å². The number of amides is 1. The summed E-state index contributed by atoms with van der Waals surface area (Å²) in [4.78, 5) is 27.4. The van der Waals surface area contributed by atoms with Crippen LogP contribution >= 0.6 is 0 Å². The molecule has 1 saturated heterocycles. The van der Waals surface area contributed by atoms with E-state index < -0.39 is 5.97 Å².